The van der Waals surface area contributed by atoms with Crippen molar-refractivity contribution in [2.75, 3.05) is 0 Å². The molecule has 0 aromatic carbocycles. The Labute approximate surface area is 68.6 Å². The molecule has 0 unspecified atom stereocenters. The monoisotopic (exact) mass is 526 g/mol. The first-order valence-corrected chi connectivity index (χ1v) is 13.3. The van der Waals surface area contributed by atoms with E-state index >= 15 is 0 Å². The first-order chi connectivity index (χ1) is 1.73. The second-order valence-corrected chi connectivity index (χ2v) is 15.1. The average molecular weight is 527 g/mol. The molecule has 0 aromatic heterocycles. The SMILES string of the molecule is [BiH3].[Cl][Bi]([Cl])[Cl]. The van der Waals surface area contributed by atoms with Gasteiger partial charge < -0.3 is 0 Å². The number of hydrogen-bond acceptors (Lipinski definition) is 0. The third kappa shape index (κ3) is 20.5. The quantitative estimate of drug-likeness (QED) is 0.403. The van der Waals surface area contributed by atoms with E-state index in [-0.39, 0.29) is 26.2 Å². The third-order valence-corrected chi connectivity index (χ3v) is 0. The zero-order valence-corrected chi connectivity index (χ0v) is 13.5. The Hall–Kier alpha value is 2.64. The van der Waals surface area contributed by atoms with Gasteiger partial charge in [0.15, 0.2) is 0 Å². The predicted molar refractivity (Wildman–Crippen MR) is 33.3 cm³/mol. The van der Waals surface area contributed by atoms with Gasteiger partial charge in [0, 0.05) is 0 Å². The molecule has 0 aliphatic heterocycles. The van der Waals surface area contributed by atoms with Crippen molar-refractivity contribution >= 4 is 69.9 Å². The fourth-order valence-electron chi connectivity index (χ4n) is 0. The summed E-state index contributed by atoms with van der Waals surface area (Å²) in [6.07, 6.45) is 0. The molecule has 0 amide bonds. The van der Waals surface area contributed by atoms with Crippen LogP contribution in [0.1, 0.15) is 0 Å². The molecule has 0 spiro atoms. The summed E-state index contributed by atoms with van der Waals surface area (Å²) in [4.78, 5) is 0. The van der Waals surface area contributed by atoms with E-state index in [9.17, 15) is 0 Å². The summed E-state index contributed by atoms with van der Waals surface area (Å²) in [6.45, 7) is 0. The van der Waals surface area contributed by atoms with Gasteiger partial charge in [-0.25, -0.2) is 0 Å². The van der Waals surface area contributed by atoms with Gasteiger partial charge in [-0.3, -0.25) is 0 Å². The average Bonchev–Trinajstić information content (AvgIpc) is 0.811. The first-order valence-electron chi connectivity index (χ1n) is 0.507. The Balaban J connectivity index is 0. The maximum atomic E-state index is 5.01. The summed E-state index contributed by atoms with van der Waals surface area (Å²) in [6, 6.07) is 0. The summed E-state index contributed by atoms with van der Waals surface area (Å²) < 4.78 is 0. The van der Waals surface area contributed by atoms with E-state index in [0.717, 1.165) is 0 Å². The van der Waals surface area contributed by atoms with Crippen LogP contribution in [0.4, 0.5) is 0 Å². The second kappa shape index (κ2) is 6.64. The fraction of sp³-hybridized carbons (Fsp3) is 0. The minimum atomic E-state index is -2.18. The van der Waals surface area contributed by atoms with E-state index in [1.165, 1.54) is 0 Å². The van der Waals surface area contributed by atoms with Crippen LogP contribution < -0.4 is 0 Å². The molecule has 0 saturated heterocycles. The van der Waals surface area contributed by atoms with E-state index in [1.54, 1.807) is 0 Å². The summed E-state index contributed by atoms with van der Waals surface area (Å²) in [7, 11) is 15.0. The summed E-state index contributed by atoms with van der Waals surface area (Å²) >= 11 is -2.18. The van der Waals surface area contributed by atoms with Crippen LogP contribution in [-0.2, 0) is 0 Å². The van der Waals surface area contributed by atoms with E-state index in [2.05, 4.69) is 0 Å². The Morgan fingerprint density at radius 3 is 1.00 bits per heavy atom. The minimum absolute atomic E-state index is 0. The van der Waals surface area contributed by atoms with Crippen molar-refractivity contribution in [2.45, 2.75) is 0 Å². The van der Waals surface area contributed by atoms with E-state index in [1.807, 2.05) is 0 Å². The molecule has 0 aliphatic rings. The normalized spacial score (nSPS) is 7.20. The summed E-state index contributed by atoms with van der Waals surface area (Å²) in [5.74, 6) is 0. The molecule has 0 N–H and O–H groups in total. The molecular weight excluding hydrogens is 524 g/mol. The van der Waals surface area contributed by atoms with Gasteiger partial charge in [-0.2, -0.15) is 0 Å². The third-order valence-electron chi connectivity index (χ3n) is 0. The van der Waals surface area contributed by atoms with Crippen molar-refractivity contribution < 1.29 is 0 Å². The van der Waals surface area contributed by atoms with Gasteiger partial charge in [0.05, 0.1) is 0 Å². The van der Waals surface area contributed by atoms with Gasteiger partial charge in [0.1, 0.15) is 0 Å². The molecule has 0 fully saturated rings. The van der Waals surface area contributed by atoms with Gasteiger partial charge >= 0.3 is 69.9 Å². The molecule has 0 radical (unpaired) electrons. The van der Waals surface area contributed by atoms with Crippen LogP contribution in [0.5, 0.6) is 0 Å². The first kappa shape index (κ1) is 10.6. The summed E-state index contributed by atoms with van der Waals surface area (Å²) in [5, 5.41) is 0. The number of hydrogen-bond donors (Lipinski definition) is 0. The van der Waals surface area contributed by atoms with E-state index < -0.39 is 18.2 Å². The Morgan fingerprint density at radius 1 is 1.00 bits per heavy atom. The van der Waals surface area contributed by atoms with Gasteiger partial charge in [-0.1, -0.05) is 0 Å². The van der Waals surface area contributed by atoms with Crippen LogP contribution in [-0.4, -0.2) is 44.4 Å². The zero-order valence-electron chi connectivity index (χ0n) is 2.29. The van der Waals surface area contributed by atoms with Crippen LogP contribution >= 0.6 is 25.5 Å². The topological polar surface area (TPSA) is 0 Å². The van der Waals surface area contributed by atoms with Gasteiger partial charge in [-0.05, 0) is 0 Å². The van der Waals surface area contributed by atoms with Gasteiger partial charge in [-0.15, -0.1) is 0 Å². The summed E-state index contributed by atoms with van der Waals surface area (Å²) in [5.41, 5.74) is 0. The Bertz CT molecular complexity index is 9.61. The van der Waals surface area contributed by atoms with Gasteiger partial charge in [0.25, 0.3) is 0 Å². The molecule has 0 aromatic rings. The van der Waals surface area contributed by atoms with Crippen molar-refractivity contribution in [3.05, 3.63) is 0 Å². The van der Waals surface area contributed by atoms with Crippen LogP contribution in [0.2, 0.25) is 0 Å². The van der Waals surface area contributed by atoms with Crippen molar-refractivity contribution in [3.63, 3.8) is 0 Å². The second-order valence-electron chi connectivity index (χ2n) is 0.192. The molecule has 5 heteroatoms. The molecule has 0 bridgehead atoms. The predicted octanol–water partition coefficient (Wildman–Crippen LogP) is 0.504. The standard InChI is InChI=1S/2Bi.3ClH.3H/h;;3*1H;;;/q;+3;;;;;;/p-3. The molecule has 5 heavy (non-hydrogen) atoms. The molecular formula is H3Bi2Cl3. The van der Waals surface area contributed by atoms with Crippen molar-refractivity contribution in [1.29, 1.82) is 0 Å². The fourth-order valence-corrected chi connectivity index (χ4v) is 0. The van der Waals surface area contributed by atoms with Crippen molar-refractivity contribution in [2.24, 2.45) is 0 Å². The number of rotatable bonds is 0. The van der Waals surface area contributed by atoms with Crippen LogP contribution in [0, 0.1) is 0 Å². The van der Waals surface area contributed by atoms with Crippen LogP contribution in [0.25, 0.3) is 0 Å². The zero-order chi connectivity index (χ0) is 3.58. The maximum absolute atomic E-state index is 5.01. The molecule has 0 nitrogen and oxygen atoms in total. The molecule has 0 atom stereocenters. The number of halogens is 3. The molecule has 0 rings (SSSR count). The Kier molecular flexibility index (Phi) is 14.1. The van der Waals surface area contributed by atoms with Crippen molar-refractivity contribution in [1.82, 2.24) is 0 Å². The van der Waals surface area contributed by atoms with Crippen LogP contribution in [0.15, 0.2) is 0 Å². The molecule has 0 heterocycles. The van der Waals surface area contributed by atoms with E-state index in [0.29, 0.717) is 0 Å². The van der Waals surface area contributed by atoms with Crippen LogP contribution in [0.3, 0.4) is 0 Å². The molecule has 0 saturated carbocycles. The Morgan fingerprint density at radius 2 is 1.00 bits per heavy atom. The molecule has 0 aliphatic carbocycles. The van der Waals surface area contributed by atoms with Gasteiger partial charge in [0.2, 0.25) is 0 Å². The molecule has 34 valence electrons. The van der Waals surface area contributed by atoms with E-state index in [4.69, 9.17) is 25.5 Å². The van der Waals surface area contributed by atoms with Crippen molar-refractivity contribution in [3.8, 4) is 0 Å².